The van der Waals surface area contributed by atoms with E-state index in [1.807, 2.05) is 48.0 Å². The van der Waals surface area contributed by atoms with Gasteiger partial charge in [0.1, 0.15) is 5.82 Å². The molecular formula is C22H30N6O4S2. The third-order valence-electron chi connectivity index (χ3n) is 6.47. The summed E-state index contributed by atoms with van der Waals surface area (Å²) in [5.41, 5.74) is 1.85. The molecule has 34 heavy (non-hydrogen) atoms. The van der Waals surface area contributed by atoms with Crippen LogP contribution < -0.4 is 10.0 Å². The zero-order valence-electron chi connectivity index (χ0n) is 19.4. The lowest BCUT2D eigenvalue weighted by atomic mass is 9.91. The number of benzene rings is 1. The van der Waals surface area contributed by atoms with Gasteiger partial charge in [0.2, 0.25) is 27.2 Å². The number of hydrogen-bond donors (Lipinski definition) is 3. The summed E-state index contributed by atoms with van der Waals surface area (Å²) in [6, 6.07) is 9.54. The fraction of sp³-hybridized carbons (Fsp3) is 0.455. The van der Waals surface area contributed by atoms with E-state index >= 15 is 0 Å². The van der Waals surface area contributed by atoms with Crippen LogP contribution in [0.5, 0.6) is 0 Å². The van der Waals surface area contributed by atoms with Crippen molar-refractivity contribution < 1.29 is 17.2 Å². The second-order valence-corrected chi connectivity index (χ2v) is 11.5. The SMILES string of the molecule is CC(NS(=O)O)c1cccc2c1ccn2-c1ccnc(NC2CCC(N(C)S(C)(=O)=O)CC2)n1. The van der Waals surface area contributed by atoms with Gasteiger partial charge >= 0.3 is 0 Å². The third kappa shape index (κ3) is 5.47. The molecule has 1 saturated carbocycles. The molecule has 3 N–H and O–H groups in total. The lowest BCUT2D eigenvalue weighted by Gasteiger charge is -2.33. The lowest BCUT2D eigenvalue weighted by molar-refractivity contribution is 0.276. The summed E-state index contributed by atoms with van der Waals surface area (Å²) in [5, 5.41) is 4.37. The first-order chi connectivity index (χ1) is 16.1. The first-order valence-corrected chi connectivity index (χ1v) is 14.1. The minimum Gasteiger partial charge on any atom is -0.351 e. The molecule has 0 spiro atoms. The molecule has 0 radical (unpaired) electrons. The van der Waals surface area contributed by atoms with Gasteiger partial charge in [-0.05, 0) is 56.4 Å². The summed E-state index contributed by atoms with van der Waals surface area (Å²) in [6.45, 7) is 1.84. The van der Waals surface area contributed by atoms with Crippen molar-refractivity contribution in [2.75, 3.05) is 18.6 Å². The van der Waals surface area contributed by atoms with E-state index in [4.69, 9.17) is 4.98 Å². The molecule has 2 atom stereocenters. The van der Waals surface area contributed by atoms with Gasteiger partial charge in [0.05, 0.1) is 11.8 Å². The van der Waals surface area contributed by atoms with Crippen molar-refractivity contribution >= 4 is 38.1 Å². The maximum Gasteiger partial charge on any atom is 0.232 e. The molecule has 1 aromatic carbocycles. The van der Waals surface area contributed by atoms with Crippen LogP contribution in [-0.4, -0.2) is 61.4 Å². The van der Waals surface area contributed by atoms with Crippen LogP contribution in [0.25, 0.3) is 16.7 Å². The van der Waals surface area contributed by atoms with Gasteiger partial charge in [-0.15, -0.1) is 0 Å². The topological polar surface area (TPSA) is 129 Å². The van der Waals surface area contributed by atoms with E-state index in [0.717, 1.165) is 42.1 Å². The van der Waals surface area contributed by atoms with Crippen molar-refractivity contribution in [3.05, 3.63) is 48.3 Å². The second-order valence-electron chi connectivity index (χ2n) is 8.72. The summed E-state index contributed by atoms with van der Waals surface area (Å²) in [7, 11) is -1.54. The van der Waals surface area contributed by atoms with Crippen LogP contribution in [-0.2, 0) is 21.3 Å². The first-order valence-electron chi connectivity index (χ1n) is 11.1. The fourth-order valence-electron chi connectivity index (χ4n) is 4.57. The largest absolute Gasteiger partial charge is 0.351 e. The van der Waals surface area contributed by atoms with E-state index in [1.54, 1.807) is 13.2 Å². The molecule has 4 rings (SSSR count). The molecule has 184 valence electrons. The molecule has 1 fully saturated rings. The molecule has 1 aliphatic carbocycles. The predicted octanol–water partition coefficient (Wildman–Crippen LogP) is 2.82. The summed E-state index contributed by atoms with van der Waals surface area (Å²) in [5.74, 6) is 1.24. The summed E-state index contributed by atoms with van der Waals surface area (Å²) in [6.07, 6.45) is 8.14. The van der Waals surface area contributed by atoms with E-state index in [2.05, 4.69) is 15.0 Å². The molecule has 0 aliphatic heterocycles. The van der Waals surface area contributed by atoms with Gasteiger partial charge in [-0.25, -0.2) is 26.6 Å². The highest BCUT2D eigenvalue weighted by molar-refractivity contribution is 7.88. The standard InChI is InChI=1S/C22H30N6O4S2/c1-15(26-33(29)30)18-5-4-6-20-19(18)12-14-28(20)21-11-13-23-22(25-21)24-16-7-9-17(10-8-16)27(2)34(3,31)32/h4-6,11-17,26H,7-10H2,1-3H3,(H,29,30)(H,23,24,25). The molecule has 2 aromatic heterocycles. The number of hydrogen-bond acceptors (Lipinski definition) is 6. The maximum atomic E-state index is 11.8. The molecule has 10 nitrogen and oxygen atoms in total. The van der Waals surface area contributed by atoms with Gasteiger partial charge in [-0.3, -0.25) is 4.55 Å². The molecule has 0 bridgehead atoms. The Bertz CT molecular complexity index is 1290. The average Bonchev–Trinajstić information content (AvgIpc) is 3.22. The van der Waals surface area contributed by atoms with E-state index in [0.29, 0.717) is 11.8 Å². The second kappa shape index (κ2) is 10.1. The van der Waals surface area contributed by atoms with Crippen LogP contribution in [0, 0.1) is 0 Å². The number of sulfonamides is 1. The first kappa shape index (κ1) is 24.7. The van der Waals surface area contributed by atoms with Gasteiger partial charge < -0.3 is 9.88 Å². The Balaban J connectivity index is 1.50. The molecular weight excluding hydrogens is 476 g/mol. The normalized spacial score (nSPS) is 21.0. The van der Waals surface area contributed by atoms with Crippen LogP contribution in [0.3, 0.4) is 0 Å². The molecule has 0 saturated heterocycles. The molecule has 2 heterocycles. The summed E-state index contributed by atoms with van der Waals surface area (Å²) < 4.78 is 50.0. The van der Waals surface area contributed by atoms with Crippen LogP contribution in [0.1, 0.15) is 44.2 Å². The van der Waals surface area contributed by atoms with Crippen molar-refractivity contribution in [2.45, 2.75) is 50.7 Å². The predicted molar refractivity (Wildman–Crippen MR) is 133 cm³/mol. The van der Waals surface area contributed by atoms with Crippen LogP contribution in [0.2, 0.25) is 0 Å². The fourth-order valence-corrected chi connectivity index (χ4v) is 5.76. The lowest BCUT2D eigenvalue weighted by Crippen LogP contribution is -2.41. The third-order valence-corrected chi connectivity index (χ3v) is 8.37. The highest BCUT2D eigenvalue weighted by Gasteiger charge is 2.28. The van der Waals surface area contributed by atoms with Gasteiger partial charge in [0, 0.05) is 43.0 Å². The monoisotopic (exact) mass is 506 g/mol. The zero-order valence-corrected chi connectivity index (χ0v) is 21.0. The zero-order chi connectivity index (χ0) is 24.5. The van der Waals surface area contributed by atoms with E-state index in [9.17, 15) is 17.2 Å². The molecule has 1 aliphatic rings. The van der Waals surface area contributed by atoms with Crippen molar-refractivity contribution in [3.63, 3.8) is 0 Å². The smallest absolute Gasteiger partial charge is 0.232 e. The van der Waals surface area contributed by atoms with Crippen LogP contribution >= 0.6 is 0 Å². The van der Waals surface area contributed by atoms with Gasteiger partial charge in [0.15, 0.2) is 0 Å². The highest BCUT2D eigenvalue weighted by Crippen LogP contribution is 2.28. The Morgan fingerprint density at radius 2 is 1.94 bits per heavy atom. The Hall–Kier alpha value is -2.38. The van der Waals surface area contributed by atoms with Crippen molar-refractivity contribution in [1.82, 2.24) is 23.6 Å². The van der Waals surface area contributed by atoms with Gasteiger partial charge in [0.25, 0.3) is 0 Å². The molecule has 2 unspecified atom stereocenters. The Morgan fingerprint density at radius 3 is 2.62 bits per heavy atom. The van der Waals surface area contributed by atoms with Crippen molar-refractivity contribution in [3.8, 4) is 5.82 Å². The number of nitrogens with zero attached hydrogens (tertiary/aromatic N) is 4. The quantitative estimate of drug-likeness (QED) is 0.401. The number of anilines is 1. The Morgan fingerprint density at radius 1 is 1.21 bits per heavy atom. The number of rotatable bonds is 8. The number of fused-ring (bicyclic) bond motifs is 1. The van der Waals surface area contributed by atoms with E-state index in [-0.39, 0.29) is 18.1 Å². The van der Waals surface area contributed by atoms with Crippen molar-refractivity contribution in [2.24, 2.45) is 0 Å². The van der Waals surface area contributed by atoms with Crippen LogP contribution in [0.15, 0.2) is 42.7 Å². The van der Waals surface area contributed by atoms with Gasteiger partial charge in [-0.1, -0.05) is 12.1 Å². The van der Waals surface area contributed by atoms with Gasteiger partial charge in [-0.2, -0.15) is 4.98 Å². The molecule has 3 aromatic rings. The minimum absolute atomic E-state index is 0.0286. The molecule has 0 amide bonds. The highest BCUT2D eigenvalue weighted by atomic mass is 32.2. The number of nitrogens with one attached hydrogen (secondary N) is 2. The van der Waals surface area contributed by atoms with E-state index < -0.39 is 21.3 Å². The number of aromatic nitrogens is 3. The average molecular weight is 507 g/mol. The summed E-state index contributed by atoms with van der Waals surface area (Å²) in [4.78, 5) is 9.09. The summed E-state index contributed by atoms with van der Waals surface area (Å²) >= 11 is -2.10. The van der Waals surface area contributed by atoms with Crippen LogP contribution in [0.4, 0.5) is 5.95 Å². The Labute approximate surface area is 202 Å². The molecule has 12 heteroatoms. The van der Waals surface area contributed by atoms with E-state index in [1.165, 1.54) is 10.6 Å². The Kier molecular flexibility index (Phi) is 7.33. The minimum atomic E-state index is -3.19. The maximum absolute atomic E-state index is 11.8. The van der Waals surface area contributed by atoms with Crippen molar-refractivity contribution in [1.29, 1.82) is 0 Å².